The fourth-order valence-corrected chi connectivity index (χ4v) is 2.53. The number of halogens is 1. The maximum Gasteiger partial charge on any atom is 0.259 e. The minimum atomic E-state index is -0.615. The van der Waals surface area contributed by atoms with Crippen molar-refractivity contribution in [2.45, 2.75) is 0 Å². The monoisotopic (exact) mass is 389 g/mol. The normalized spacial score (nSPS) is 10.2. The molecular weight excluding hydrogens is 372 g/mol. The van der Waals surface area contributed by atoms with Gasteiger partial charge < -0.3 is 16.4 Å². The Labute approximate surface area is 167 Å². The molecule has 0 aliphatic carbocycles. The number of anilines is 2. The van der Waals surface area contributed by atoms with E-state index in [4.69, 9.17) is 11.1 Å². The Morgan fingerprint density at radius 1 is 0.966 bits per heavy atom. The lowest BCUT2D eigenvalue weighted by molar-refractivity contribution is 0.102. The molecule has 1 aromatic heterocycles. The summed E-state index contributed by atoms with van der Waals surface area (Å²) in [5.41, 5.74) is 7.21. The standard InChI is InChI=1S/C20H17BFN5O2/c21-13-5-8-17(25-10-13)27-20(29)15-9-14(22)6-7-16(15)26-19(28)12-3-1-11(2-4-12)18(23)24/h1-10H,21H2,(H3,23,24)(H,26,28)(H,25,27,29). The van der Waals surface area contributed by atoms with Crippen LogP contribution in [0.15, 0.2) is 60.8 Å². The molecule has 7 nitrogen and oxygen atoms in total. The number of nitrogens with one attached hydrogen (secondary N) is 3. The number of rotatable bonds is 5. The largest absolute Gasteiger partial charge is 0.384 e. The Kier molecular flexibility index (Phi) is 5.68. The summed E-state index contributed by atoms with van der Waals surface area (Å²) in [6.45, 7) is 0. The van der Waals surface area contributed by atoms with Gasteiger partial charge in [-0.05, 0) is 36.4 Å². The third kappa shape index (κ3) is 4.84. The Bertz CT molecular complexity index is 1090. The third-order valence-corrected chi connectivity index (χ3v) is 4.09. The van der Waals surface area contributed by atoms with Crippen molar-refractivity contribution in [1.82, 2.24) is 4.98 Å². The van der Waals surface area contributed by atoms with Gasteiger partial charge in [-0.3, -0.25) is 15.0 Å². The third-order valence-electron chi connectivity index (χ3n) is 4.09. The molecule has 29 heavy (non-hydrogen) atoms. The zero-order chi connectivity index (χ0) is 21.0. The van der Waals surface area contributed by atoms with Crippen molar-refractivity contribution in [3.05, 3.63) is 83.3 Å². The van der Waals surface area contributed by atoms with E-state index in [0.717, 1.165) is 17.6 Å². The maximum atomic E-state index is 13.7. The van der Waals surface area contributed by atoms with Gasteiger partial charge in [0.1, 0.15) is 25.3 Å². The molecule has 0 unspecified atom stereocenters. The number of amidine groups is 1. The minimum Gasteiger partial charge on any atom is -0.384 e. The highest BCUT2D eigenvalue weighted by molar-refractivity contribution is 6.32. The van der Waals surface area contributed by atoms with Crippen molar-refractivity contribution in [3.8, 4) is 0 Å². The summed E-state index contributed by atoms with van der Waals surface area (Å²) in [7, 11) is 1.86. The lowest BCUT2D eigenvalue weighted by atomic mass is 9.99. The fourth-order valence-electron chi connectivity index (χ4n) is 2.53. The van der Waals surface area contributed by atoms with E-state index < -0.39 is 17.6 Å². The maximum absolute atomic E-state index is 13.7. The summed E-state index contributed by atoms with van der Waals surface area (Å²) >= 11 is 0. The molecule has 0 radical (unpaired) electrons. The smallest absolute Gasteiger partial charge is 0.259 e. The number of nitrogen functional groups attached to an aromatic ring is 1. The van der Waals surface area contributed by atoms with Crippen LogP contribution in [-0.2, 0) is 0 Å². The number of carbonyl (C=O) groups is 2. The van der Waals surface area contributed by atoms with Gasteiger partial charge in [0.25, 0.3) is 11.8 Å². The van der Waals surface area contributed by atoms with Crippen molar-refractivity contribution in [2.75, 3.05) is 10.6 Å². The number of benzene rings is 2. The van der Waals surface area contributed by atoms with Crippen LogP contribution in [0.5, 0.6) is 0 Å². The van der Waals surface area contributed by atoms with Crippen LogP contribution in [0.2, 0.25) is 0 Å². The van der Waals surface area contributed by atoms with E-state index >= 15 is 0 Å². The molecule has 144 valence electrons. The van der Waals surface area contributed by atoms with Crippen LogP contribution >= 0.6 is 0 Å². The highest BCUT2D eigenvalue weighted by Gasteiger charge is 2.16. The van der Waals surface area contributed by atoms with E-state index in [1.165, 1.54) is 18.2 Å². The molecule has 0 bridgehead atoms. The summed E-state index contributed by atoms with van der Waals surface area (Å²) in [5, 5.41) is 12.6. The Morgan fingerprint density at radius 3 is 2.28 bits per heavy atom. The van der Waals surface area contributed by atoms with E-state index in [0.29, 0.717) is 16.9 Å². The Hall–Kier alpha value is -4.01. The number of nitrogens with two attached hydrogens (primary N) is 1. The van der Waals surface area contributed by atoms with Crippen LogP contribution in [-0.4, -0.2) is 30.5 Å². The van der Waals surface area contributed by atoms with E-state index in [-0.39, 0.29) is 17.1 Å². The minimum absolute atomic E-state index is 0.0407. The highest BCUT2D eigenvalue weighted by atomic mass is 19.1. The molecule has 3 rings (SSSR count). The zero-order valence-corrected chi connectivity index (χ0v) is 15.5. The average Bonchev–Trinajstić information content (AvgIpc) is 2.71. The van der Waals surface area contributed by atoms with Gasteiger partial charge in [-0.2, -0.15) is 0 Å². The van der Waals surface area contributed by atoms with Crippen LogP contribution < -0.4 is 21.8 Å². The van der Waals surface area contributed by atoms with E-state index in [1.54, 1.807) is 30.5 Å². The average molecular weight is 389 g/mol. The van der Waals surface area contributed by atoms with Crippen LogP contribution in [0, 0.1) is 11.2 Å². The Morgan fingerprint density at radius 2 is 1.66 bits per heavy atom. The van der Waals surface area contributed by atoms with Gasteiger partial charge in [-0.1, -0.05) is 23.7 Å². The first kappa shape index (κ1) is 19.7. The molecule has 0 aliphatic heterocycles. The van der Waals surface area contributed by atoms with Gasteiger partial charge >= 0.3 is 0 Å². The molecule has 0 saturated heterocycles. The van der Waals surface area contributed by atoms with Crippen molar-refractivity contribution in [1.29, 1.82) is 5.41 Å². The van der Waals surface area contributed by atoms with Crippen LogP contribution in [0.3, 0.4) is 0 Å². The number of hydrogen-bond donors (Lipinski definition) is 4. The van der Waals surface area contributed by atoms with E-state index in [9.17, 15) is 14.0 Å². The van der Waals surface area contributed by atoms with Crippen LogP contribution in [0.25, 0.3) is 0 Å². The fraction of sp³-hybridized carbons (Fsp3) is 0. The first-order valence-electron chi connectivity index (χ1n) is 8.63. The van der Waals surface area contributed by atoms with E-state index in [1.807, 2.05) is 7.85 Å². The molecule has 5 N–H and O–H groups in total. The molecule has 3 aromatic rings. The van der Waals surface area contributed by atoms with Crippen molar-refractivity contribution < 1.29 is 14.0 Å². The van der Waals surface area contributed by atoms with Crippen LogP contribution in [0.1, 0.15) is 26.3 Å². The highest BCUT2D eigenvalue weighted by Crippen LogP contribution is 2.20. The number of amides is 2. The Balaban J connectivity index is 1.82. The van der Waals surface area contributed by atoms with Crippen LogP contribution in [0.4, 0.5) is 15.9 Å². The topological polar surface area (TPSA) is 121 Å². The lowest BCUT2D eigenvalue weighted by Crippen LogP contribution is -2.19. The second kappa shape index (κ2) is 8.34. The number of hydrogen-bond acceptors (Lipinski definition) is 4. The first-order valence-corrected chi connectivity index (χ1v) is 8.63. The van der Waals surface area contributed by atoms with Crippen molar-refractivity contribution >= 4 is 42.5 Å². The predicted molar refractivity (Wildman–Crippen MR) is 112 cm³/mol. The number of pyridine rings is 1. The summed E-state index contributed by atoms with van der Waals surface area (Å²) in [5.74, 6) is -1.52. The number of carbonyl (C=O) groups excluding carboxylic acids is 2. The zero-order valence-electron chi connectivity index (χ0n) is 15.5. The van der Waals surface area contributed by atoms with E-state index in [2.05, 4.69) is 15.6 Å². The molecule has 2 amide bonds. The SMILES string of the molecule is Bc1ccc(NC(=O)c2cc(F)ccc2NC(=O)c2ccc(C(=N)N)cc2)nc1. The first-order chi connectivity index (χ1) is 13.8. The molecule has 1 heterocycles. The summed E-state index contributed by atoms with van der Waals surface area (Å²) in [6, 6.07) is 13.0. The molecule has 0 aliphatic rings. The number of aromatic nitrogens is 1. The van der Waals surface area contributed by atoms with Gasteiger partial charge in [-0.25, -0.2) is 9.37 Å². The molecule has 9 heteroatoms. The van der Waals surface area contributed by atoms with Gasteiger partial charge in [0.15, 0.2) is 0 Å². The molecule has 0 spiro atoms. The van der Waals surface area contributed by atoms with Gasteiger partial charge in [-0.15, -0.1) is 0 Å². The van der Waals surface area contributed by atoms with Gasteiger partial charge in [0, 0.05) is 17.3 Å². The number of nitrogens with zero attached hydrogens (tertiary/aromatic N) is 1. The van der Waals surface area contributed by atoms with Gasteiger partial charge in [0.2, 0.25) is 0 Å². The second-order valence-corrected chi connectivity index (χ2v) is 6.31. The molecule has 0 atom stereocenters. The summed E-state index contributed by atoms with van der Waals surface area (Å²) in [4.78, 5) is 29.2. The second-order valence-electron chi connectivity index (χ2n) is 6.31. The molecular formula is C20H17BFN5O2. The van der Waals surface area contributed by atoms with Gasteiger partial charge in [0.05, 0.1) is 11.3 Å². The van der Waals surface area contributed by atoms with Crippen molar-refractivity contribution in [3.63, 3.8) is 0 Å². The quantitative estimate of drug-likeness (QED) is 0.298. The summed E-state index contributed by atoms with van der Waals surface area (Å²) in [6.07, 6.45) is 1.59. The van der Waals surface area contributed by atoms with Crippen molar-refractivity contribution in [2.24, 2.45) is 5.73 Å². The molecule has 0 fully saturated rings. The lowest BCUT2D eigenvalue weighted by Gasteiger charge is -2.12. The molecule has 0 saturated carbocycles. The molecule has 2 aromatic carbocycles. The summed E-state index contributed by atoms with van der Waals surface area (Å²) < 4.78 is 13.7. The predicted octanol–water partition coefficient (Wildman–Crippen LogP) is 1.27.